The standard InChI is InChI=1S/C16H17N3O3S/c1-4-14(20)18-16-17-11(8-23-16)10-5-6-13-12(7-10)19(3)15(21)9(2)22-13/h5-9H,4H2,1-3H3,(H,17,18,20). The van der Waals surface area contributed by atoms with E-state index in [2.05, 4.69) is 10.3 Å². The molecule has 1 aromatic carbocycles. The molecule has 7 heteroatoms. The van der Waals surface area contributed by atoms with Crippen LogP contribution in [0.3, 0.4) is 0 Å². The van der Waals surface area contributed by atoms with Crippen LogP contribution in [-0.2, 0) is 9.59 Å². The molecule has 1 aliphatic heterocycles. The Bertz CT molecular complexity index is 772. The third-order valence-corrected chi connectivity index (χ3v) is 4.43. The number of likely N-dealkylation sites (N-methyl/N-ethyl adjacent to an activating group) is 1. The first-order valence-corrected chi connectivity index (χ1v) is 8.21. The second kappa shape index (κ2) is 6.00. The molecule has 2 heterocycles. The molecule has 23 heavy (non-hydrogen) atoms. The molecule has 3 rings (SSSR count). The van der Waals surface area contributed by atoms with Crippen molar-refractivity contribution in [2.24, 2.45) is 0 Å². The largest absolute Gasteiger partial charge is 0.479 e. The molecule has 0 radical (unpaired) electrons. The summed E-state index contributed by atoms with van der Waals surface area (Å²) in [6, 6.07) is 5.61. The Morgan fingerprint density at radius 2 is 2.26 bits per heavy atom. The van der Waals surface area contributed by atoms with Gasteiger partial charge in [-0.05, 0) is 25.1 Å². The Morgan fingerprint density at radius 1 is 1.48 bits per heavy atom. The minimum atomic E-state index is -0.478. The summed E-state index contributed by atoms with van der Waals surface area (Å²) in [5.74, 6) is 0.533. The average molecular weight is 331 g/mol. The number of amides is 2. The maximum Gasteiger partial charge on any atom is 0.267 e. The zero-order chi connectivity index (χ0) is 16.6. The lowest BCUT2D eigenvalue weighted by Crippen LogP contribution is -2.41. The van der Waals surface area contributed by atoms with Crippen molar-refractivity contribution in [2.75, 3.05) is 17.3 Å². The fraction of sp³-hybridized carbons (Fsp3) is 0.312. The number of thiazole rings is 1. The summed E-state index contributed by atoms with van der Waals surface area (Å²) in [6.07, 6.45) is -0.0654. The smallest absolute Gasteiger partial charge is 0.267 e. The third kappa shape index (κ3) is 2.92. The molecule has 0 saturated heterocycles. The van der Waals surface area contributed by atoms with Gasteiger partial charge in [0.1, 0.15) is 5.75 Å². The van der Waals surface area contributed by atoms with Crippen molar-refractivity contribution in [3.05, 3.63) is 23.6 Å². The van der Waals surface area contributed by atoms with Gasteiger partial charge >= 0.3 is 0 Å². The molecule has 1 N–H and O–H groups in total. The summed E-state index contributed by atoms with van der Waals surface area (Å²) in [5, 5.41) is 5.19. The Balaban J connectivity index is 1.90. The van der Waals surface area contributed by atoms with Gasteiger partial charge in [0.2, 0.25) is 5.91 Å². The van der Waals surface area contributed by atoms with Gasteiger partial charge in [0.05, 0.1) is 11.4 Å². The van der Waals surface area contributed by atoms with E-state index in [0.29, 0.717) is 17.3 Å². The minimum Gasteiger partial charge on any atom is -0.479 e. The predicted molar refractivity (Wildman–Crippen MR) is 90.0 cm³/mol. The zero-order valence-electron chi connectivity index (χ0n) is 13.1. The lowest BCUT2D eigenvalue weighted by atomic mass is 10.1. The van der Waals surface area contributed by atoms with Crippen LogP contribution < -0.4 is 15.0 Å². The Morgan fingerprint density at radius 3 is 3.00 bits per heavy atom. The summed E-state index contributed by atoms with van der Waals surface area (Å²) in [7, 11) is 1.73. The summed E-state index contributed by atoms with van der Waals surface area (Å²) < 4.78 is 5.61. The van der Waals surface area contributed by atoms with E-state index in [1.165, 1.54) is 11.3 Å². The molecule has 0 bridgehead atoms. The maximum atomic E-state index is 12.0. The molecular formula is C16H17N3O3S. The van der Waals surface area contributed by atoms with Crippen molar-refractivity contribution >= 4 is 34.0 Å². The fourth-order valence-corrected chi connectivity index (χ4v) is 3.08. The quantitative estimate of drug-likeness (QED) is 0.939. The number of nitrogens with one attached hydrogen (secondary N) is 1. The van der Waals surface area contributed by atoms with Crippen LogP contribution >= 0.6 is 11.3 Å². The molecule has 6 nitrogen and oxygen atoms in total. The van der Waals surface area contributed by atoms with Gasteiger partial charge in [0.25, 0.3) is 5.91 Å². The molecule has 0 saturated carbocycles. The monoisotopic (exact) mass is 331 g/mol. The van der Waals surface area contributed by atoms with Gasteiger partial charge in [-0.3, -0.25) is 9.59 Å². The summed E-state index contributed by atoms with van der Waals surface area (Å²) in [6.45, 7) is 3.53. The van der Waals surface area contributed by atoms with E-state index < -0.39 is 6.10 Å². The molecule has 2 aromatic rings. The van der Waals surface area contributed by atoms with Crippen molar-refractivity contribution in [1.82, 2.24) is 4.98 Å². The molecule has 0 aliphatic carbocycles. The molecular weight excluding hydrogens is 314 g/mol. The number of anilines is 2. The van der Waals surface area contributed by atoms with Crippen LogP contribution in [0.25, 0.3) is 11.3 Å². The van der Waals surface area contributed by atoms with Crippen LogP contribution in [0.15, 0.2) is 23.6 Å². The number of benzene rings is 1. The number of carbonyl (C=O) groups excluding carboxylic acids is 2. The lowest BCUT2D eigenvalue weighted by molar-refractivity contribution is -0.125. The number of carbonyl (C=O) groups is 2. The van der Waals surface area contributed by atoms with E-state index in [-0.39, 0.29) is 11.8 Å². The van der Waals surface area contributed by atoms with E-state index in [9.17, 15) is 9.59 Å². The fourth-order valence-electron chi connectivity index (χ4n) is 2.34. The second-order valence-electron chi connectivity index (χ2n) is 5.28. The van der Waals surface area contributed by atoms with Crippen molar-refractivity contribution in [3.63, 3.8) is 0 Å². The van der Waals surface area contributed by atoms with Gasteiger partial charge in [-0.1, -0.05) is 6.92 Å². The lowest BCUT2D eigenvalue weighted by Gasteiger charge is -2.30. The molecule has 0 fully saturated rings. The first-order chi connectivity index (χ1) is 11.0. The van der Waals surface area contributed by atoms with Crippen LogP contribution in [0.4, 0.5) is 10.8 Å². The SMILES string of the molecule is CCC(=O)Nc1nc(-c2ccc3c(c2)N(C)C(=O)C(C)O3)cs1. The number of nitrogens with zero attached hydrogens (tertiary/aromatic N) is 2. The van der Waals surface area contributed by atoms with Crippen LogP contribution in [0.5, 0.6) is 5.75 Å². The molecule has 2 amide bonds. The number of ether oxygens (including phenoxy) is 1. The maximum absolute atomic E-state index is 12.0. The van der Waals surface area contributed by atoms with Crippen molar-refractivity contribution in [3.8, 4) is 17.0 Å². The van der Waals surface area contributed by atoms with Crippen molar-refractivity contribution in [2.45, 2.75) is 26.4 Å². The van der Waals surface area contributed by atoms with E-state index in [0.717, 1.165) is 16.9 Å². The van der Waals surface area contributed by atoms with Gasteiger partial charge in [-0.25, -0.2) is 4.98 Å². The third-order valence-electron chi connectivity index (χ3n) is 3.67. The van der Waals surface area contributed by atoms with Gasteiger partial charge in [-0.2, -0.15) is 0 Å². The molecule has 120 valence electrons. The number of rotatable bonds is 3. The Kier molecular flexibility index (Phi) is 4.04. The highest BCUT2D eigenvalue weighted by Gasteiger charge is 2.29. The number of aromatic nitrogens is 1. The minimum absolute atomic E-state index is 0.0657. The average Bonchev–Trinajstić information content (AvgIpc) is 3.01. The van der Waals surface area contributed by atoms with Crippen LogP contribution in [0.1, 0.15) is 20.3 Å². The van der Waals surface area contributed by atoms with E-state index in [1.54, 1.807) is 25.8 Å². The second-order valence-corrected chi connectivity index (χ2v) is 6.14. The van der Waals surface area contributed by atoms with Crippen molar-refractivity contribution in [1.29, 1.82) is 0 Å². The summed E-state index contributed by atoms with van der Waals surface area (Å²) in [4.78, 5) is 29.5. The highest BCUT2D eigenvalue weighted by molar-refractivity contribution is 7.14. The van der Waals surface area contributed by atoms with Gasteiger partial charge in [0.15, 0.2) is 11.2 Å². The Labute approximate surface area is 138 Å². The predicted octanol–water partition coefficient (Wildman–Crippen LogP) is 2.90. The summed E-state index contributed by atoms with van der Waals surface area (Å²) in [5.41, 5.74) is 2.34. The first kappa shape index (κ1) is 15.5. The van der Waals surface area contributed by atoms with Gasteiger partial charge < -0.3 is 15.0 Å². The highest BCUT2D eigenvalue weighted by Crippen LogP contribution is 2.37. The number of hydrogen-bond acceptors (Lipinski definition) is 5. The Hall–Kier alpha value is -2.41. The first-order valence-electron chi connectivity index (χ1n) is 7.33. The molecule has 1 unspecified atom stereocenters. The molecule has 1 aliphatic rings. The normalized spacial score (nSPS) is 16.7. The van der Waals surface area contributed by atoms with Crippen LogP contribution in [0, 0.1) is 0 Å². The van der Waals surface area contributed by atoms with E-state index in [4.69, 9.17) is 4.74 Å². The highest BCUT2D eigenvalue weighted by atomic mass is 32.1. The molecule has 1 atom stereocenters. The van der Waals surface area contributed by atoms with Gasteiger partial charge in [-0.15, -0.1) is 11.3 Å². The zero-order valence-corrected chi connectivity index (χ0v) is 13.9. The number of fused-ring (bicyclic) bond motifs is 1. The van der Waals surface area contributed by atoms with Crippen molar-refractivity contribution < 1.29 is 14.3 Å². The van der Waals surface area contributed by atoms with Gasteiger partial charge in [0, 0.05) is 24.4 Å². The molecule has 0 spiro atoms. The van der Waals surface area contributed by atoms with E-state index in [1.807, 2.05) is 23.6 Å². The van der Waals surface area contributed by atoms with Crippen LogP contribution in [0.2, 0.25) is 0 Å². The van der Waals surface area contributed by atoms with Crippen LogP contribution in [-0.4, -0.2) is 29.9 Å². The topological polar surface area (TPSA) is 71.5 Å². The summed E-state index contributed by atoms with van der Waals surface area (Å²) >= 11 is 1.37. The van der Waals surface area contributed by atoms with E-state index >= 15 is 0 Å². The number of hydrogen-bond donors (Lipinski definition) is 1. The molecule has 1 aromatic heterocycles.